The van der Waals surface area contributed by atoms with Crippen LogP contribution in [-0.2, 0) is 0 Å². The van der Waals surface area contributed by atoms with E-state index in [1.807, 2.05) is 12.1 Å². The van der Waals surface area contributed by atoms with Gasteiger partial charge in [-0.2, -0.15) is 0 Å². The summed E-state index contributed by atoms with van der Waals surface area (Å²) in [6, 6.07) is 6.12. The Labute approximate surface area is 109 Å². The molecule has 1 spiro atoms. The van der Waals surface area contributed by atoms with E-state index in [0.717, 1.165) is 30.6 Å². The lowest BCUT2D eigenvalue weighted by Crippen LogP contribution is -2.39. The van der Waals surface area contributed by atoms with Crippen LogP contribution in [0, 0.1) is 12.3 Å². The molecule has 0 aromatic heterocycles. The minimum absolute atomic E-state index is 0.134. The zero-order valence-electron chi connectivity index (χ0n) is 11.5. The lowest BCUT2D eigenvalue weighted by molar-refractivity contribution is -0.0155. The van der Waals surface area contributed by atoms with E-state index in [4.69, 9.17) is 4.74 Å². The second-order valence-electron chi connectivity index (χ2n) is 6.89. The van der Waals surface area contributed by atoms with Crippen molar-refractivity contribution in [2.45, 2.75) is 58.2 Å². The predicted molar refractivity (Wildman–Crippen MR) is 71.7 cm³/mol. The number of hydrogen-bond acceptors (Lipinski definition) is 2. The first kappa shape index (κ1) is 12.0. The summed E-state index contributed by atoms with van der Waals surface area (Å²) < 4.78 is 6.28. The van der Waals surface area contributed by atoms with Crippen LogP contribution in [-0.4, -0.2) is 10.7 Å². The Morgan fingerprint density at radius 1 is 1.28 bits per heavy atom. The van der Waals surface area contributed by atoms with Crippen molar-refractivity contribution in [3.63, 3.8) is 0 Å². The molecular formula is C16H22O2. The summed E-state index contributed by atoms with van der Waals surface area (Å²) in [6.07, 6.45) is 3.66. The van der Waals surface area contributed by atoms with E-state index < -0.39 is 0 Å². The molecule has 98 valence electrons. The van der Waals surface area contributed by atoms with E-state index in [-0.39, 0.29) is 11.7 Å². The number of benzene rings is 1. The third-order valence-corrected chi connectivity index (χ3v) is 4.47. The first-order valence-electron chi connectivity index (χ1n) is 6.87. The highest BCUT2D eigenvalue weighted by Crippen LogP contribution is 2.52. The molecule has 2 nitrogen and oxygen atoms in total. The maximum absolute atomic E-state index is 10.4. The van der Waals surface area contributed by atoms with Crippen LogP contribution < -0.4 is 4.74 Å². The van der Waals surface area contributed by atoms with Crippen molar-refractivity contribution < 1.29 is 9.84 Å². The van der Waals surface area contributed by atoms with Gasteiger partial charge >= 0.3 is 0 Å². The molecule has 0 bridgehead atoms. The van der Waals surface area contributed by atoms with Gasteiger partial charge in [-0.1, -0.05) is 25.5 Å². The molecule has 18 heavy (non-hydrogen) atoms. The van der Waals surface area contributed by atoms with Crippen LogP contribution >= 0.6 is 0 Å². The largest absolute Gasteiger partial charge is 0.487 e. The van der Waals surface area contributed by atoms with Crippen LogP contribution in [0.2, 0.25) is 0 Å². The van der Waals surface area contributed by atoms with Crippen LogP contribution in [0.25, 0.3) is 0 Å². The summed E-state index contributed by atoms with van der Waals surface area (Å²) in [7, 11) is 0. The van der Waals surface area contributed by atoms with Crippen molar-refractivity contribution >= 4 is 0 Å². The van der Waals surface area contributed by atoms with Gasteiger partial charge in [0.05, 0.1) is 6.10 Å². The highest BCUT2D eigenvalue weighted by molar-refractivity contribution is 5.41. The van der Waals surface area contributed by atoms with Gasteiger partial charge < -0.3 is 9.84 Å². The van der Waals surface area contributed by atoms with E-state index in [1.165, 1.54) is 12.0 Å². The van der Waals surface area contributed by atoms with Crippen molar-refractivity contribution in [2.75, 3.05) is 0 Å². The van der Waals surface area contributed by atoms with E-state index in [9.17, 15) is 5.11 Å². The molecule has 2 aliphatic rings. The molecule has 0 amide bonds. The summed E-state index contributed by atoms with van der Waals surface area (Å²) in [5, 5.41) is 10.4. The molecule has 1 fully saturated rings. The second kappa shape index (κ2) is 3.74. The molecule has 2 atom stereocenters. The minimum atomic E-state index is -0.373. The van der Waals surface area contributed by atoms with Gasteiger partial charge in [0, 0.05) is 12.0 Å². The molecule has 1 aromatic carbocycles. The van der Waals surface area contributed by atoms with Crippen molar-refractivity contribution in [2.24, 2.45) is 5.41 Å². The first-order chi connectivity index (χ1) is 8.39. The zero-order valence-corrected chi connectivity index (χ0v) is 11.5. The van der Waals surface area contributed by atoms with E-state index in [2.05, 4.69) is 26.8 Å². The molecule has 1 unspecified atom stereocenters. The predicted octanol–water partition coefficient (Wildman–Crippen LogP) is 3.76. The Bertz CT molecular complexity index is 478. The van der Waals surface area contributed by atoms with Gasteiger partial charge in [-0.05, 0) is 43.7 Å². The molecule has 1 aromatic rings. The quantitative estimate of drug-likeness (QED) is 0.755. The van der Waals surface area contributed by atoms with Gasteiger partial charge in [0.25, 0.3) is 0 Å². The Balaban J connectivity index is 1.95. The van der Waals surface area contributed by atoms with Gasteiger partial charge in [0.1, 0.15) is 11.4 Å². The maximum Gasteiger partial charge on any atom is 0.125 e. The van der Waals surface area contributed by atoms with Gasteiger partial charge in [-0.25, -0.2) is 0 Å². The lowest BCUT2D eigenvalue weighted by atomic mass is 9.83. The zero-order chi connectivity index (χ0) is 13.0. The van der Waals surface area contributed by atoms with Gasteiger partial charge in [-0.15, -0.1) is 0 Å². The average molecular weight is 246 g/mol. The third kappa shape index (κ3) is 1.93. The van der Waals surface area contributed by atoms with Crippen LogP contribution in [0.15, 0.2) is 18.2 Å². The average Bonchev–Trinajstić information content (AvgIpc) is 2.56. The van der Waals surface area contributed by atoms with Crippen molar-refractivity contribution in [3.05, 3.63) is 29.3 Å². The monoisotopic (exact) mass is 246 g/mol. The number of ether oxygens (including phenoxy) is 1. The number of hydrogen-bond donors (Lipinski definition) is 1. The first-order valence-corrected chi connectivity index (χ1v) is 6.87. The fourth-order valence-corrected chi connectivity index (χ4v) is 3.63. The topological polar surface area (TPSA) is 29.5 Å². The fourth-order valence-electron chi connectivity index (χ4n) is 3.63. The molecule has 1 saturated carbocycles. The van der Waals surface area contributed by atoms with Gasteiger partial charge in [-0.3, -0.25) is 0 Å². The summed E-state index contributed by atoms with van der Waals surface area (Å²) in [4.78, 5) is 0. The lowest BCUT2D eigenvalue weighted by Gasteiger charge is -2.39. The number of fused-ring (bicyclic) bond motifs is 1. The highest BCUT2D eigenvalue weighted by atomic mass is 16.5. The second-order valence-corrected chi connectivity index (χ2v) is 6.89. The third-order valence-electron chi connectivity index (χ3n) is 4.47. The molecule has 1 N–H and O–H groups in total. The Kier molecular flexibility index (Phi) is 2.50. The number of aliphatic hydroxyl groups excluding tert-OH is 1. The SMILES string of the molecule is Cc1ccc2c(c1)[C@@H](O)CC1(CCC(C)(C)C1)O2. The number of rotatable bonds is 0. The summed E-state index contributed by atoms with van der Waals surface area (Å²) in [6.45, 7) is 6.64. The molecule has 2 heteroatoms. The Morgan fingerprint density at radius 3 is 2.72 bits per heavy atom. The normalized spacial score (nSPS) is 33.2. The summed E-state index contributed by atoms with van der Waals surface area (Å²) in [5.41, 5.74) is 2.34. The molecule has 3 rings (SSSR count). The standard InChI is InChI=1S/C16H22O2/c1-11-4-5-14-12(8-11)13(17)9-16(18-14)7-6-15(2,3)10-16/h4-5,8,13,17H,6-7,9-10H2,1-3H3/t13-,16?/m0/s1. The molecule has 0 saturated heterocycles. The Hall–Kier alpha value is -1.02. The number of aliphatic hydroxyl groups is 1. The van der Waals surface area contributed by atoms with Crippen LogP contribution in [0.5, 0.6) is 5.75 Å². The smallest absolute Gasteiger partial charge is 0.125 e. The van der Waals surface area contributed by atoms with Crippen molar-refractivity contribution in [3.8, 4) is 5.75 Å². The fraction of sp³-hybridized carbons (Fsp3) is 0.625. The summed E-state index contributed by atoms with van der Waals surface area (Å²) in [5.74, 6) is 0.886. The van der Waals surface area contributed by atoms with Gasteiger partial charge in [0.2, 0.25) is 0 Å². The Morgan fingerprint density at radius 2 is 2.06 bits per heavy atom. The molecule has 0 radical (unpaired) electrons. The molecule has 1 aliphatic heterocycles. The maximum atomic E-state index is 10.4. The minimum Gasteiger partial charge on any atom is -0.487 e. The van der Waals surface area contributed by atoms with E-state index >= 15 is 0 Å². The molecule has 1 aliphatic carbocycles. The van der Waals surface area contributed by atoms with Crippen LogP contribution in [0.3, 0.4) is 0 Å². The van der Waals surface area contributed by atoms with Gasteiger partial charge in [0.15, 0.2) is 0 Å². The molecule has 1 heterocycles. The van der Waals surface area contributed by atoms with E-state index in [1.54, 1.807) is 0 Å². The highest BCUT2D eigenvalue weighted by Gasteiger charge is 2.48. The van der Waals surface area contributed by atoms with E-state index in [0.29, 0.717) is 5.41 Å². The number of aryl methyl sites for hydroxylation is 1. The summed E-state index contributed by atoms with van der Waals surface area (Å²) >= 11 is 0. The van der Waals surface area contributed by atoms with Crippen LogP contribution in [0.1, 0.15) is 56.8 Å². The van der Waals surface area contributed by atoms with Crippen molar-refractivity contribution in [1.29, 1.82) is 0 Å². The van der Waals surface area contributed by atoms with Crippen molar-refractivity contribution in [1.82, 2.24) is 0 Å². The molecular weight excluding hydrogens is 224 g/mol. The van der Waals surface area contributed by atoms with Crippen LogP contribution in [0.4, 0.5) is 0 Å².